The van der Waals surface area contributed by atoms with Gasteiger partial charge in [0.25, 0.3) is 0 Å². The Morgan fingerprint density at radius 3 is 2.65 bits per heavy atom. The lowest BCUT2D eigenvalue weighted by Gasteiger charge is -2.10. The van der Waals surface area contributed by atoms with Crippen LogP contribution in [0.1, 0.15) is 5.56 Å². The molecule has 0 bridgehead atoms. The summed E-state index contributed by atoms with van der Waals surface area (Å²) in [5.41, 5.74) is 1.19. The van der Waals surface area contributed by atoms with Crippen molar-refractivity contribution in [2.24, 2.45) is 0 Å². The van der Waals surface area contributed by atoms with Crippen LogP contribution in [0.5, 0.6) is 0 Å². The van der Waals surface area contributed by atoms with E-state index in [1.54, 1.807) is 0 Å². The topological polar surface area (TPSA) is 53.5 Å². The van der Waals surface area contributed by atoms with Gasteiger partial charge in [-0.2, -0.15) is 0 Å². The smallest absolute Gasteiger partial charge is 0.166 e. The van der Waals surface area contributed by atoms with Gasteiger partial charge in [-0.05, 0) is 17.8 Å². The standard InChI is InChI=1S/C12H18N2O2S/c15-7-9-16-8-6-13-12(17)14-10-11-4-2-1-3-5-11/h1-5,15H,6-10H2,(H2,13,14,17). The van der Waals surface area contributed by atoms with Crippen LogP contribution in [0.15, 0.2) is 30.3 Å². The summed E-state index contributed by atoms with van der Waals surface area (Å²) in [5, 5.41) is 15.2. The Morgan fingerprint density at radius 1 is 1.18 bits per heavy atom. The van der Waals surface area contributed by atoms with Crippen molar-refractivity contribution < 1.29 is 9.84 Å². The molecule has 0 radical (unpaired) electrons. The predicted octanol–water partition coefficient (Wildman–Crippen LogP) is 0.660. The zero-order valence-corrected chi connectivity index (χ0v) is 10.5. The molecule has 0 aromatic heterocycles. The van der Waals surface area contributed by atoms with Gasteiger partial charge in [0.05, 0.1) is 19.8 Å². The fraction of sp³-hybridized carbons (Fsp3) is 0.417. The Morgan fingerprint density at radius 2 is 1.94 bits per heavy atom. The van der Waals surface area contributed by atoms with Crippen molar-refractivity contribution in [2.45, 2.75) is 6.54 Å². The van der Waals surface area contributed by atoms with Crippen LogP contribution >= 0.6 is 12.2 Å². The maximum atomic E-state index is 8.50. The SMILES string of the molecule is OCCOCCNC(=S)NCc1ccccc1. The molecule has 94 valence electrons. The van der Waals surface area contributed by atoms with Crippen molar-refractivity contribution in [1.82, 2.24) is 10.6 Å². The molecule has 1 aromatic rings. The van der Waals surface area contributed by atoms with E-state index in [9.17, 15) is 0 Å². The quantitative estimate of drug-likeness (QED) is 0.493. The Bertz CT molecular complexity index is 320. The van der Waals surface area contributed by atoms with Crippen molar-refractivity contribution in [3.8, 4) is 0 Å². The first-order valence-corrected chi connectivity index (χ1v) is 5.98. The van der Waals surface area contributed by atoms with Gasteiger partial charge in [-0.3, -0.25) is 0 Å². The number of rotatable bonds is 7. The van der Waals surface area contributed by atoms with E-state index in [1.807, 2.05) is 30.3 Å². The van der Waals surface area contributed by atoms with Crippen molar-refractivity contribution in [1.29, 1.82) is 0 Å². The van der Waals surface area contributed by atoms with Gasteiger partial charge in [0.15, 0.2) is 5.11 Å². The predicted molar refractivity (Wildman–Crippen MR) is 71.8 cm³/mol. The number of aliphatic hydroxyl groups excluding tert-OH is 1. The second kappa shape index (κ2) is 8.92. The first-order valence-electron chi connectivity index (χ1n) is 5.57. The van der Waals surface area contributed by atoms with Crippen LogP contribution in [0.25, 0.3) is 0 Å². The summed E-state index contributed by atoms with van der Waals surface area (Å²) < 4.78 is 5.10. The fourth-order valence-corrected chi connectivity index (χ4v) is 1.42. The lowest BCUT2D eigenvalue weighted by Crippen LogP contribution is -2.36. The maximum absolute atomic E-state index is 8.50. The second-order valence-electron chi connectivity index (χ2n) is 3.43. The molecule has 0 spiro atoms. The molecule has 3 N–H and O–H groups in total. The normalized spacial score (nSPS) is 9.94. The lowest BCUT2D eigenvalue weighted by atomic mass is 10.2. The van der Waals surface area contributed by atoms with E-state index in [1.165, 1.54) is 5.56 Å². The minimum atomic E-state index is 0.0523. The maximum Gasteiger partial charge on any atom is 0.166 e. The average molecular weight is 254 g/mol. The third-order valence-electron chi connectivity index (χ3n) is 2.06. The fourth-order valence-electron chi connectivity index (χ4n) is 1.24. The van der Waals surface area contributed by atoms with Crippen LogP contribution in [0.4, 0.5) is 0 Å². The van der Waals surface area contributed by atoms with E-state index in [-0.39, 0.29) is 6.61 Å². The third kappa shape index (κ3) is 6.88. The van der Waals surface area contributed by atoms with Crippen LogP contribution < -0.4 is 10.6 Å². The Balaban J connectivity index is 2.05. The highest BCUT2D eigenvalue weighted by atomic mass is 32.1. The summed E-state index contributed by atoms with van der Waals surface area (Å²) in [6, 6.07) is 10.1. The number of hydrogen-bond donors (Lipinski definition) is 3. The van der Waals surface area contributed by atoms with Crippen molar-refractivity contribution in [3.63, 3.8) is 0 Å². The summed E-state index contributed by atoms with van der Waals surface area (Å²) in [6.45, 7) is 2.31. The van der Waals surface area contributed by atoms with Crippen LogP contribution in [0.2, 0.25) is 0 Å². The van der Waals surface area contributed by atoms with E-state index in [4.69, 9.17) is 22.1 Å². The van der Waals surface area contributed by atoms with Gasteiger partial charge in [0.1, 0.15) is 0 Å². The minimum Gasteiger partial charge on any atom is -0.394 e. The van der Waals surface area contributed by atoms with Gasteiger partial charge in [-0.25, -0.2) is 0 Å². The highest BCUT2D eigenvalue weighted by Gasteiger charge is 1.95. The van der Waals surface area contributed by atoms with E-state index >= 15 is 0 Å². The van der Waals surface area contributed by atoms with Crippen LogP contribution in [0, 0.1) is 0 Å². The molecular weight excluding hydrogens is 236 g/mol. The molecule has 0 fully saturated rings. The highest BCUT2D eigenvalue weighted by Crippen LogP contribution is 1.96. The molecule has 1 rings (SSSR count). The molecule has 17 heavy (non-hydrogen) atoms. The molecule has 0 saturated carbocycles. The Kier molecular flexibility index (Phi) is 7.29. The van der Waals surface area contributed by atoms with Crippen LogP contribution in [-0.4, -0.2) is 36.6 Å². The zero-order chi connectivity index (χ0) is 12.3. The average Bonchev–Trinajstić information content (AvgIpc) is 2.37. The molecule has 0 heterocycles. The molecule has 0 aliphatic carbocycles. The van der Waals surface area contributed by atoms with Crippen LogP contribution in [-0.2, 0) is 11.3 Å². The van der Waals surface area contributed by atoms with E-state index < -0.39 is 0 Å². The van der Waals surface area contributed by atoms with Crippen molar-refractivity contribution in [2.75, 3.05) is 26.4 Å². The van der Waals surface area contributed by atoms with Gasteiger partial charge in [-0.15, -0.1) is 0 Å². The van der Waals surface area contributed by atoms with E-state index in [0.29, 0.717) is 31.4 Å². The van der Waals surface area contributed by atoms with Gasteiger partial charge in [0, 0.05) is 13.1 Å². The summed E-state index contributed by atoms with van der Waals surface area (Å²) >= 11 is 5.10. The third-order valence-corrected chi connectivity index (χ3v) is 2.35. The molecule has 0 unspecified atom stereocenters. The molecular formula is C12H18N2O2S. The van der Waals surface area contributed by atoms with Gasteiger partial charge < -0.3 is 20.5 Å². The van der Waals surface area contributed by atoms with Gasteiger partial charge in [-0.1, -0.05) is 30.3 Å². The zero-order valence-electron chi connectivity index (χ0n) is 9.69. The molecule has 0 atom stereocenters. The molecule has 0 aliphatic rings. The number of thiocarbonyl (C=S) groups is 1. The second-order valence-corrected chi connectivity index (χ2v) is 3.84. The Hall–Kier alpha value is -1.17. The summed E-state index contributed by atoms with van der Waals surface area (Å²) in [6.07, 6.45) is 0. The lowest BCUT2D eigenvalue weighted by molar-refractivity contribution is 0.0958. The van der Waals surface area contributed by atoms with Crippen molar-refractivity contribution >= 4 is 17.3 Å². The molecule has 1 aromatic carbocycles. The number of benzene rings is 1. The summed E-state index contributed by atoms with van der Waals surface area (Å²) in [4.78, 5) is 0. The summed E-state index contributed by atoms with van der Waals surface area (Å²) in [7, 11) is 0. The monoisotopic (exact) mass is 254 g/mol. The molecule has 0 amide bonds. The molecule has 0 aliphatic heterocycles. The molecule has 0 saturated heterocycles. The number of hydrogen-bond acceptors (Lipinski definition) is 3. The van der Waals surface area contributed by atoms with E-state index in [0.717, 1.165) is 0 Å². The largest absolute Gasteiger partial charge is 0.394 e. The van der Waals surface area contributed by atoms with E-state index in [2.05, 4.69) is 10.6 Å². The number of nitrogens with one attached hydrogen (secondary N) is 2. The van der Waals surface area contributed by atoms with Gasteiger partial charge in [0.2, 0.25) is 0 Å². The minimum absolute atomic E-state index is 0.0523. The number of aliphatic hydroxyl groups is 1. The highest BCUT2D eigenvalue weighted by molar-refractivity contribution is 7.80. The number of ether oxygens (including phenoxy) is 1. The van der Waals surface area contributed by atoms with Crippen LogP contribution in [0.3, 0.4) is 0 Å². The van der Waals surface area contributed by atoms with Gasteiger partial charge >= 0.3 is 0 Å². The first kappa shape index (κ1) is 13.9. The molecule has 5 heteroatoms. The Labute approximate surface area is 107 Å². The van der Waals surface area contributed by atoms with Crippen molar-refractivity contribution in [3.05, 3.63) is 35.9 Å². The molecule has 4 nitrogen and oxygen atoms in total. The summed E-state index contributed by atoms with van der Waals surface area (Å²) in [5.74, 6) is 0. The first-order chi connectivity index (χ1) is 8.33.